The zero-order valence-corrected chi connectivity index (χ0v) is 13.6. The summed E-state index contributed by atoms with van der Waals surface area (Å²) in [6, 6.07) is 6.39. The van der Waals surface area contributed by atoms with Crippen LogP contribution in [-0.2, 0) is 4.74 Å². The van der Waals surface area contributed by atoms with Crippen molar-refractivity contribution in [2.24, 2.45) is 0 Å². The van der Waals surface area contributed by atoms with Crippen LogP contribution in [0.5, 0.6) is 0 Å². The van der Waals surface area contributed by atoms with Gasteiger partial charge in [-0.1, -0.05) is 38.5 Å². The number of rotatable bonds is 6. The minimum absolute atomic E-state index is 0.0865. The Bertz CT molecular complexity index is 466. The van der Waals surface area contributed by atoms with Gasteiger partial charge in [0, 0.05) is 30.8 Å². The molecule has 1 amide bonds. The molecule has 2 N–H and O–H groups in total. The molecule has 0 aliphatic heterocycles. The molecule has 0 fully saturated rings. The molecule has 22 heavy (non-hydrogen) atoms. The monoisotopic (exact) mass is 311 g/mol. The molecule has 0 aliphatic rings. The van der Waals surface area contributed by atoms with Crippen molar-refractivity contribution in [3.63, 3.8) is 0 Å². The van der Waals surface area contributed by atoms with Crippen LogP contribution in [0, 0.1) is 10.1 Å². The predicted molar refractivity (Wildman–Crippen MR) is 85.9 cm³/mol. The molecule has 124 valence electrons. The van der Waals surface area contributed by atoms with E-state index in [1.165, 1.54) is 19.6 Å². The molecule has 0 spiro atoms. The van der Waals surface area contributed by atoms with Gasteiger partial charge in [-0.15, -0.1) is 0 Å². The van der Waals surface area contributed by atoms with E-state index in [1.54, 1.807) is 18.2 Å². The van der Waals surface area contributed by atoms with E-state index in [9.17, 15) is 14.9 Å². The zero-order valence-electron chi connectivity index (χ0n) is 13.6. The van der Waals surface area contributed by atoms with Crippen molar-refractivity contribution in [3.8, 4) is 0 Å². The van der Waals surface area contributed by atoms with E-state index in [0.717, 1.165) is 0 Å². The Morgan fingerprint density at radius 2 is 1.91 bits per heavy atom. The molecule has 1 rings (SSSR count). The zero-order chi connectivity index (χ0) is 17.0. The van der Waals surface area contributed by atoms with Crippen LogP contribution in [-0.4, -0.2) is 31.2 Å². The van der Waals surface area contributed by atoms with Gasteiger partial charge >= 0.3 is 6.09 Å². The molecule has 1 aromatic carbocycles. The molecular weight excluding hydrogens is 286 g/mol. The minimum Gasteiger partial charge on any atom is -0.453 e. The van der Waals surface area contributed by atoms with Crippen LogP contribution in [0.1, 0.15) is 38.8 Å². The summed E-state index contributed by atoms with van der Waals surface area (Å²) in [6.07, 6.45) is 0.750. The highest BCUT2D eigenvalue weighted by molar-refractivity contribution is 5.66. The Balaban J connectivity index is 0.00000135. The quantitative estimate of drug-likeness (QED) is 0.478. The van der Waals surface area contributed by atoms with Gasteiger partial charge in [0.05, 0.1) is 12.0 Å². The van der Waals surface area contributed by atoms with Gasteiger partial charge in [0.15, 0.2) is 0 Å². The summed E-state index contributed by atoms with van der Waals surface area (Å²) in [5.41, 5.74) is 0.703. The summed E-state index contributed by atoms with van der Waals surface area (Å²) < 4.78 is 4.43. The number of hydrogen-bond donors (Lipinski definition) is 2. The molecule has 1 unspecified atom stereocenters. The van der Waals surface area contributed by atoms with E-state index in [0.29, 0.717) is 18.7 Å². The second kappa shape index (κ2) is 11.5. The third-order valence-corrected chi connectivity index (χ3v) is 2.63. The molecule has 1 atom stereocenters. The number of nitro benzene ring substituents is 1. The van der Waals surface area contributed by atoms with E-state index in [2.05, 4.69) is 29.2 Å². The van der Waals surface area contributed by atoms with Crippen LogP contribution in [0.25, 0.3) is 0 Å². The van der Waals surface area contributed by atoms with Gasteiger partial charge < -0.3 is 15.4 Å². The first-order valence-electron chi connectivity index (χ1n) is 7.26. The highest BCUT2D eigenvalue weighted by Crippen LogP contribution is 2.23. The van der Waals surface area contributed by atoms with Crippen LogP contribution in [0.2, 0.25) is 0 Å². The van der Waals surface area contributed by atoms with E-state index in [1.807, 2.05) is 6.92 Å². The molecule has 7 heteroatoms. The predicted octanol–water partition coefficient (Wildman–Crippen LogP) is 3.02. The fraction of sp³-hybridized carbons (Fsp3) is 0.533. The summed E-state index contributed by atoms with van der Waals surface area (Å²) in [6.45, 7) is 6.96. The van der Waals surface area contributed by atoms with Crippen molar-refractivity contribution >= 4 is 11.8 Å². The van der Waals surface area contributed by atoms with Gasteiger partial charge in [-0.05, 0) is 6.92 Å². The number of nitrogens with one attached hydrogen (secondary N) is 2. The van der Waals surface area contributed by atoms with Crippen LogP contribution in [0.3, 0.4) is 0 Å². The summed E-state index contributed by atoms with van der Waals surface area (Å²) >= 11 is 0. The fourth-order valence-corrected chi connectivity index (χ4v) is 1.66. The molecule has 0 aliphatic carbocycles. The number of hydrogen-bond acceptors (Lipinski definition) is 5. The largest absolute Gasteiger partial charge is 0.453 e. The van der Waals surface area contributed by atoms with Gasteiger partial charge in [-0.2, -0.15) is 0 Å². The maximum absolute atomic E-state index is 10.9. The first kappa shape index (κ1) is 19.9. The number of methoxy groups -OCH3 is 1. The average Bonchev–Trinajstić information content (AvgIpc) is 2.51. The number of carbonyl (C=O) groups is 1. The number of alkyl carbamates (subject to hydrolysis) is 1. The summed E-state index contributed by atoms with van der Waals surface area (Å²) in [5.74, 6) is 0. The number of para-hydroxylation sites is 1. The lowest BCUT2D eigenvalue weighted by molar-refractivity contribution is -0.385. The van der Waals surface area contributed by atoms with Crippen LogP contribution < -0.4 is 10.6 Å². The smallest absolute Gasteiger partial charge is 0.406 e. The molecule has 0 saturated carbocycles. The van der Waals surface area contributed by atoms with E-state index in [4.69, 9.17) is 0 Å². The number of nitrogens with zero attached hydrogens (tertiary/aromatic N) is 1. The van der Waals surface area contributed by atoms with Crippen molar-refractivity contribution in [3.05, 3.63) is 39.9 Å². The van der Waals surface area contributed by atoms with E-state index in [-0.39, 0.29) is 11.7 Å². The van der Waals surface area contributed by atoms with Gasteiger partial charge in [-0.3, -0.25) is 10.1 Å². The van der Waals surface area contributed by atoms with Crippen molar-refractivity contribution < 1.29 is 14.5 Å². The van der Waals surface area contributed by atoms with Crippen LogP contribution in [0.15, 0.2) is 24.3 Å². The Labute approximate surface area is 131 Å². The Morgan fingerprint density at radius 3 is 2.45 bits per heavy atom. The summed E-state index contributed by atoms with van der Waals surface area (Å²) in [5, 5.41) is 16.5. The van der Waals surface area contributed by atoms with Crippen molar-refractivity contribution in [1.82, 2.24) is 10.6 Å². The highest BCUT2D eigenvalue weighted by Gasteiger charge is 2.17. The summed E-state index contributed by atoms with van der Waals surface area (Å²) in [4.78, 5) is 21.3. The fourth-order valence-electron chi connectivity index (χ4n) is 1.66. The minimum atomic E-state index is -0.500. The number of carbonyl (C=O) groups excluding carboxylic acids is 1. The third kappa shape index (κ3) is 7.58. The summed E-state index contributed by atoms with van der Waals surface area (Å²) in [7, 11) is 1.29. The maximum atomic E-state index is 10.9. The number of ether oxygens (including phenoxy) is 1. The lowest BCUT2D eigenvalue weighted by Gasteiger charge is -2.14. The molecular formula is C15H25N3O4. The highest BCUT2D eigenvalue weighted by atomic mass is 16.6. The lowest BCUT2D eigenvalue weighted by atomic mass is 10.1. The second-order valence-corrected chi connectivity index (χ2v) is 4.62. The Morgan fingerprint density at radius 1 is 1.32 bits per heavy atom. The first-order valence-corrected chi connectivity index (χ1v) is 7.26. The normalized spacial score (nSPS) is 10.9. The molecule has 0 heterocycles. The van der Waals surface area contributed by atoms with Crippen molar-refractivity contribution in [1.29, 1.82) is 0 Å². The van der Waals surface area contributed by atoms with Crippen LogP contribution >= 0.6 is 0 Å². The molecule has 0 bridgehead atoms. The molecule has 0 radical (unpaired) electrons. The van der Waals surface area contributed by atoms with Gasteiger partial charge in [0.2, 0.25) is 0 Å². The Kier molecular flexibility index (Phi) is 10.4. The Hall–Kier alpha value is -2.15. The lowest BCUT2D eigenvalue weighted by Crippen LogP contribution is -2.32. The van der Waals surface area contributed by atoms with E-state index >= 15 is 0 Å². The van der Waals surface area contributed by atoms with Gasteiger partial charge in [0.25, 0.3) is 5.69 Å². The van der Waals surface area contributed by atoms with Gasteiger partial charge in [0.1, 0.15) is 0 Å². The first-order chi connectivity index (χ1) is 10.5. The second-order valence-electron chi connectivity index (χ2n) is 4.62. The molecule has 7 nitrogen and oxygen atoms in total. The SMILES string of the molecule is CCC.COC(=O)NCCNC(C)c1ccccc1[N+](=O)[O-]. The average molecular weight is 311 g/mol. The number of amides is 1. The third-order valence-electron chi connectivity index (χ3n) is 2.63. The van der Waals surface area contributed by atoms with E-state index < -0.39 is 11.0 Å². The molecule has 1 aromatic rings. The van der Waals surface area contributed by atoms with Crippen molar-refractivity contribution in [2.45, 2.75) is 33.2 Å². The molecule has 0 aromatic heterocycles. The maximum Gasteiger partial charge on any atom is 0.406 e. The topological polar surface area (TPSA) is 93.5 Å². The number of benzene rings is 1. The van der Waals surface area contributed by atoms with Gasteiger partial charge in [-0.25, -0.2) is 4.79 Å². The van der Waals surface area contributed by atoms with Crippen molar-refractivity contribution in [2.75, 3.05) is 20.2 Å². The van der Waals surface area contributed by atoms with Crippen LogP contribution in [0.4, 0.5) is 10.5 Å². The molecule has 0 saturated heterocycles. The standard InChI is InChI=1S/C12H17N3O4.C3H8/c1-9(13-7-8-14-12(16)19-2)10-5-3-4-6-11(10)15(17)18;1-3-2/h3-6,9,13H,7-8H2,1-2H3,(H,14,16);3H2,1-2H3. The number of nitro groups is 1.